The zero-order chi connectivity index (χ0) is 17.4. The lowest BCUT2D eigenvalue weighted by molar-refractivity contribution is -0.119. The van der Waals surface area contributed by atoms with Crippen molar-refractivity contribution in [2.24, 2.45) is 5.41 Å². The first-order valence-corrected chi connectivity index (χ1v) is 10.1. The molecule has 1 N–H and O–H groups in total. The SMILES string of the molecule is CCOC(=O)N1C2CCCC1CC(N1CCC3(CC1)CNC(=O)C3)C2. The van der Waals surface area contributed by atoms with Gasteiger partial charge in [0, 0.05) is 31.1 Å². The van der Waals surface area contributed by atoms with Crippen molar-refractivity contribution in [1.29, 1.82) is 0 Å². The number of rotatable bonds is 2. The molecule has 0 aliphatic carbocycles. The maximum Gasteiger partial charge on any atom is 0.410 e. The molecular weight excluding hydrogens is 318 g/mol. The first kappa shape index (κ1) is 17.1. The van der Waals surface area contributed by atoms with Gasteiger partial charge in [-0.3, -0.25) is 4.79 Å². The van der Waals surface area contributed by atoms with Gasteiger partial charge in [-0.1, -0.05) is 0 Å². The number of carbonyl (C=O) groups excluding carboxylic acids is 2. The maximum absolute atomic E-state index is 12.3. The maximum atomic E-state index is 12.3. The molecule has 0 aromatic heterocycles. The van der Waals surface area contributed by atoms with E-state index in [0.717, 1.165) is 58.2 Å². The van der Waals surface area contributed by atoms with Crippen LogP contribution in [0.25, 0.3) is 0 Å². The van der Waals surface area contributed by atoms with Gasteiger partial charge in [-0.25, -0.2) is 4.79 Å². The number of hydrogen-bond donors (Lipinski definition) is 1. The van der Waals surface area contributed by atoms with Crippen molar-refractivity contribution >= 4 is 12.0 Å². The fourth-order valence-electron chi connectivity index (χ4n) is 5.62. The van der Waals surface area contributed by atoms with Gasteiger partial charge in [0.25, 0.3) is 0 Å². The second-order valence-electron chi connectivity index (χ2n) is 8.46. The Morgan fingerprint density at radius 2 is 1.88 bits per heavy atom. The molecule has 2 atom stereocenters. The number of piperidine rings is 3. The van der Waals surface area contributed by atoms with Crippen LogP contribution in [0.1, 0.15) is 58.3 Å². The van der Waals surface area contributed by atoms with Crippen molar-refractivity contribution in [1.82, 2.24) is 15.1 Å². The molecule has 4 fully saturated rings. The third kappa shape index (κ3) is 3.25. The Bertz CT molecular complexity index is 516. The van der Waals surface area contributed by atoms with E-state index in [1.54, 1.807) is 0 Å². The molecule has 2 amide bonds. The van der Waals surface area contributed by atoms with Gasteiger partial charge in [0.15, 0.2) is 0 Å². The van der Waals surface area contributed by atoms with Gasteiger partial charge in [-0.15, -0.1) is 0 Å². The van der Waals surface area contributed by atoms with E-state index in [2.05, 4.69) is 15.1 Å². The Kier molecular flexibility index (Phi) is 4.65. The number of ether oxygens (including phenoxy) is 1. The van der Waals surface area contributed by atoms with Crippen LogP contribution < -0.4 is 5.32 Å². The molecule has 4 rings (SSSR count). The number of fused-ring (bicyclic) bond motifs is 2. The molecule has 2 unspecified atom stereocenters. The summed E-state index contributed by atoms with van der Waals surface area (Å²) in [5.74, 6) is 0.228. The van der Waals surface area contributed by atoms with Crippen LogP contribution in [0.15, 0.2) is 0 Å². The summed E-state index contributed by atoms with van der Waals surface area (Å²) >= 11 is 0. The zero-order valence-corrected chi connectivity index (χ0v) is 15.3. The van der Waals surface area contributed by atoms with Gasteiger partial charge < -0.3 is 19.9 Å². The van der Waals surface area contributed by atoms with Crippen LogP contribution in [0.5, 0.6) is 0 Å². The minimum atomic E-state index is -0.108. The summed E-state index contributed by atoms with van der Waals surface area (Å²) in [6.07, 6.45) is 8.48. The van der Waals surface area contributed by atoms with Crippen LogP contribution in [-0.4, -0.2) is 66.2 Å². The third-order valence-corrected chi connectivity index (χ3v) is 7.00. The van der Waals surface area contributed by atoms with E-state index in [9.17, 15) is 9.59 Å². The van der Waals surface area contributed by atoms with E-state index >= 15 is 0 Å². The minimum absolute atomic E-state index is 0.108. The minimum Gasteiger partial charge on any atom is -0.450 e. The number of amides is 2. The fourth-order valence-corrected chi connectivity index (χ4v) is 5.62. The van der Waals surface area contributed by atoms with Crippen LogP contribution in [0.3, 0.4) is 0 Å². The summed E-state index contributed by atoms with van der Waals surface area (Å²) in [6.45, 7) is 5.40. The number of likely N-dealkylation sites (tertiary alicyclic amines) is 1. The third-order valence-electron chi connectivity index (χ3n) is 7.00. The smallest absolute Gasteiger partial charge is 0.410 e. The predicted molar refractivity (Wildman–Crippen MR) is 94.2 cm³/mol. The molecule has 4 heterocycles. The highest BCUT2D eigenvalue weighted by Crippen LogP contribution is 2.41. The molecule has 2 bridgehead atoms. The van der Waals surface area contributed by atoms with E-state index in [0.29, 0.717) is 31.2 Å². The number of nitrogens with one attached hydrogen (secondary N) is 1. The van der Waals surface area contributed by atoms with Crippen LogP contribution in [0.2, 0.25) is 0 Å². The van der Waals surface area contributed by atoms with Crippen molar-refractivity contribution in [3.05, 3.63) is 0 Å². The Morgan fingerprint density at radius 3 is 2.44 bits per heavy atom. The number of nitrogens with zero attached hydrogens (tertiary/aromatic N) is 2. The van der Waals surface area contributed by atoms with Gasteiger partial charge in [0.1, 0.15) is 0 Å². The quantitative estimate of drug-likeness (QED) is 0.830. The molecule has 4 aliphatic heterocycles. The van der Waals surface area contributed by atoms with Crippen LogP contribution in [0.4, 0.5) is 4.79 Å². The van der Waals surface area contributed by atoms with E-state index in [4.69, 9.17) is 4.74 Å². The summed E-state index contributed by atoms with van der Waals surface area (Å²) in [5.41, 5.74) is 0.217. The van der Waals surface area contributed by atoms with E-state index in [1.807, 2.05) is 6.92 Å². The van der Waals surface area contributed by atoms with E-state index in [-0.39, 0.29) is 17.4 Å². The molecule has 0 aromatic rings. The Morgan fingerprint density at radius 1 is 1.20 bits per heavy atom. The second kappa shape index (κ2) is 6.78. The number of hydrogen-bond acceptors (Lipinski definition) is 4. The summed E-state index contributed by atoms with van der Waals surface area (Å²) in [6, 6.07) is 1.28. The summed E-state index contributed by atoms with van der Waals surface area (Å²) < 4.78 is 5.31. The van der Waals surface area contributed by atoms with Crippen molar-refractivity contribution < 1.29 is 14.3 Å². The first-order chi connectivity index (χ1) is 12.1. The van der Waals surface area contributed by atoms with E-state index < -0.39 is 0 Å². The molecule has 0 radical (unpaired) electrons. The van der Waals surface area contributed by atoms with Crippen LogP contribution in [-0.2, 0) is 9.53 Å². The topological polar surface area (TPSA) is 61.9 Å². The fraction of sp³-hybridized carbons (Fsp3) is 0.895. The van der Waals surface area contributed by atoms with Crippen LogP contribution >= 0.6 is 0 Å². The van der Waals surface area contributed by atoms with Crippen molar-refractivity contribution in [3.8, 4) is 0 Å². The Labute approximate surface area is 150 Å². The van der Waals surface area contributed by atoms with Gasteiger partial charge >= 0.3 is 6.09 Å². The lowest BCUT2D eigenvalue weighted by atomic mass is 9.75. The molecule has 25 heavy (non-hydrogen) atoms. The van der Waals surface area contributed by atoms with Crippen molar-refractivity contribution in [2.75, 3.05) is 26.2 Å². The average Bonchev–Trinajstić information content (AvgIpc) is 2.95. The average molecular weight is 349 g/mol. The molecule has 6 heteroatoms. The Balaban J connectivity index is 1.37. The van der Waals surface area contributed by atoms with Crippen molar-refractivity contribution in [3.63, 3.8) is 0 Å². The predicted octanol–water partition coefficient (Wildman–Crippen LogP) is 2.13. The normalized spacial score (nSPS) is 34.8. The highest BCUT2D eigenvalue weighted by molar-refractivity contribution is 5.79. The molecule has 0 aromatic carbocycles. The van der Waals surface area contributed by atoms with Gasteiger partial charge in [-0.05, 0) is 70.4 Å². The molecule has 4 aliphatic rings. The van der Waals surface area contributed by atoms with Crippen LogP contribution in [0, 0.1) is 5.41 Å². The molecular formula is C19H31N3O3. The highest BCUT2D eigenvalue weighted by Gasteiger charge is 2.46. The van der Waals surface area contributed by atoms with E-state index in [1.165, 1.54) is 6.42 Å². The van der Waals surface area contributed by atoms with Gasteiger partial charge in [0.2, 0.25) is 5.91 Å². The summed E-state index contributed by atoms with van der Waals surface area (Å²) in [7, 11) is 0. The van der Waals surface area contributed by atoms with Crippen molar-refractivity contribution in [2.45, 2.75) is 76.4 Å². The molecule has 140 valence electrons. The monoisotopic (exact) mass is 349 g/mol. The van der Waals surface area contributed by atoms with Gasteiger partial charge in [-0.2, -0.15) is 0 Å². The standard InChI is InChI=1S/C19H31N3O3/c1-2-25-18(24)22-14-4-3-5-15(22)11-16(10-14)21-8-6-19(7-9-21)12-17(23)20-13-19/h14-16H,2-13H2,1H3,(H,20,23). The molecule has 0 saturated carbocycles. The Hall–Kier alpha value is -1.30. The molecule has 1 spiro atoms. The van der Waals surface area contributed by atoms with Gasteiger partial charge in [0.05, 0.1) is 6.61 Å². The highest BCUT2D eigenvalue weighted by atomic mass is 16.6. The molecule has 6 nitrogen and oxygen atoms in total. The lowest BCUT2D eigenvalue weighted by Gasteiger charge is -2.52. The summed E-state index contributed by atoms with van der Waals surface area (Å²) in [4.78, 5) is 28.6. The lowest BCUT2D eigenvalue weighted by Crippen LogP contribution is -2.60. The number of carbonyl (C=O) groups is 2. The summed E-state index contributed by atoms with van der Waals surface area (Å²) in [5, 5.41) is 3.02. The first-order valence-electron chi connectivity index (χ1n) is 10.1. The molecule has 4 saturated heterocycles. The zero-order valence-electron chi connectivity index (χ0n) is 15.3. The largest absolute Gasteiger partial charge is 0.450 e. The second-order valence-corrected chi connectivity index (χ2v) is 8.46.